The van der Waals surface area contributed by atoms with Gasteiger partial charge in [-0.05, 0) is 23.6 Å². The average Bonchev–Trinajstić information content (AvgIpc) is 2.46. The van der Waals surface area contributed by atoms with E-state index in [0.29, 0.717) is 29.4 Å². The molecule has 4 nitrogen and oxygen atoms in total. The van der Waals surface area contributed by atoms with E-state index in [9.17, 15) is 4.79 Å². The molecule has 2 rings (SSSR count). The summed E-state index contributed by atoms with van der Waals surface area (Å²) in [5.41, 5.74) is 14.1. The quantitative estimate of drug-likeness (QED) is 0.730. The highest BCUT2D eigenvalue weighted by molar-refractivity contribution is 6.01. The van der Waals surface area contributed by atoms with Gasteiger partial charge in [-0.1, -0.05) is 43.3 Å². The molecular weight excluding hydrogens is 250 g/mol. The van der Waals surface area contributed by atoms with Crippen LogP contribution < -0.4 is 16.8 Å². The molecule has 4 heteroatoms. The fourth-order valence-electron chi connectivity index (χ4n) is 2.13. The molecule has 0 aromatic heterocycles. The third-order valence-corrected chi connectivity index (χ3v) is 3.32. The van der Waals surface area contributed by atoms with Crippen molar-refractivity contribution in [1.29, 1.82) is 0 Å². The molecule has 0 spiro atoms. The Hall–Kier alpha value is -2.49. The van der Waals surface area contributed by atoms with Crippen LogP contribution in [0.3, 0.4) is 0 Å². The number of nitrogens with two attached hydrogens (primary N) is 2. The molecule has 0 fully saturated rings. The number of hydrogen-bond acceptors (Lipinski definition) is 3. The van der Waals surface area contributed by atoms with Crippen molar-refractivity contribution in [2.45, 2.75) is 12.8 Å². The number of primary amides is 1. The zero-order valence-electron chi connectivity index (χ0n) is 11.5. The van der Waals surface area contributed by atoms with E-state index in [1.54, 1.807) is 18.2 Å². The molecule has 1 amide bonds. The number of hydrogen-bond donors (Lipinski definition) is 3. The maximum absolute atomic E-state index is 11.4. The zero-order valence-corrected chi connectivity index (χ0v) is 11.5. The second kappa shape index (κ2) is 6.10. The standard InChI is InChI=1S/C16H19N3O/c1-11(12-6-3-2-4-7-12)10-19-15-13(16(18)20)8-5-9-14(15)17/h2-9,11,19H,10,17H2,1H3,(H2,18,20). The number of amides is 1. The molecule has 0 saturated heterocycles. The Morgan fingerprint density at radius 3 is 2.50 bits per heavy atom. The van der Waals surface area contributed by atoms with Crippen LogP contribution in [0, 0.1) is 0 Å². The highest BCUT2D eigenvalue weighted by atomic mass is 16.1. The molecule has 104 valence electrons. The van der Waals surface area contributed by atoms with E-state index in [1.165, 1.54) is 5.56 Å². The number of para-hydroxylation sites is 1. The molecule has 2 aromatic carbocycles. The van der Waals surface area contributed by atoms with Gasteiger partial charge in [0.25, 0.3) is 5.91 Å². The van der Waals surface area contributed by atoms with E-state index in [-0.39, 0.29) is 0 Å². The summed E-state index contributed by atoms with van der Waals surface area (Å²) in [7, 11) is 0. The van der Waals surface area contributed by atoms with E-state index in [1.807, 2.05) is 18.2 Å². The first-order valence-electron chi connectivity index (χ1n) is 6.56. The van der Waals surface area contributed by atoms with Crippen LogP contribution in [0.1, 0.15) is 28.8 Å². The lowest BCUT2D eigenvalue weighted by Crippen LogP contribution is -2.18. The fourth-order valence-corrected chi connectivity index (χ4v) is 2.13. The Kier molecular flexibility index (Phi) is 4.25. The van der Waals surface area contributed by atoms with E-state index in [0.717, 1.165) is 0 Å². The van der Waals surface area contributed by atoms with E-state index >= 15 is 0 Å². The normalized spacial score (nSPS) is 11.8. The first kappa shape index (κ1) is 13.9. The molecule has 0 bridgehead atoms. The molecule has 0 saturated carbocycles. The molecule has 1 atom stereocenters. The summed E-state index contributed by atoms with van der Waals surface area (Å²) >= 11 is 0. The second-order valence-corrected chi connectivity index (χ2v) is 4.83. The topological polar surface area (TPSA) is 81.1 Å². The maximum Gasteiger partial charge on any atom is 0.250 e. The summed E-state index contributed by atoms with van der Waals surface area (Å²) in [5, 5.41) is 3.24. The van der Waals surface area contributed by atoms with Crippen LogP contribution in [0.2, 0.25) is 0 Å². The lowest BCUT2D eigenvalue weighted by Gasteiger charge is -2.17. The molecule has 20 heavy (non-hydrogen) atoms. The summed E-state index contributed by atoms with van der Waals surface area (Å²) in [6.45, 7) is 2.80. The van der Waals surface area contributed by atoms with Crippen LogP contribution in [0.5, 0.6) is 0 Å². The predicted molar refractivity (Wildman–Crippen MR) is 82.7 cm³/mol. The van der Waals surface area contributed by atoms with Crippen molar-refractivity contribution in [3.8, 4) is 0 Å². The monoisotopic (exact) mass is 269 g/mol. The molecule has 0 aliphatic carbocycles. The summed E-state index contributed by atoms with van der Waals surface area (Å²) in [6, 6.07) is 15.3. The van der Waals surface area contributed by atoms with Gasteiger partial charge in [-0.2, -0.15) is 0 Å². The van der Waals surface area contributed by atoms with Gasteiger partial charge in [0.1, 0.15) is 0 Å². The van der Waals surface area contributed by atoms with Crippen LogP contribution >= 0.6 is 0 Å². The van der Waals surface area contributed by atoms with Gasteiger partial charge < -0.3 is 16.8 Å². The predicted octanol–water partition coefficient (Wildman–Crippen LogP) is 2.58. The fraction of sp³-hybridized carbons (Fsp3) is 0.188. The lowest BCUT2D eigenvalue weighted by molar-refractivity contribution is 0.100. The number of nitrogen functional groups attached to an aromatic ring is 1. The van der Waals surface area contributed by atoms with Gasteiger partial charge in [0.05, 0.1) is 16.9 Å². The number of nitrogens with one attached hydrogen (secondary N) is 1. The van der Waals surface area contributed by atoms with Gasteiger partial charge in [-0.3, -0.25) is 4.79 Å². The summed E-state index contributed by atoms with van der Waals surface area (Å²) in [6.07, 6.45) is 0. The number of carbonyl (C=O) groups is 1. The van der Waals surface area contributed by atoms with Crippen LogP contribution in [-0.2, 0) is 0 Å². The molecule has 5 N–H and O–H groups in total. The lowest BCUT2D eigenvalue weighted by atomic mass is 10.0. The number of carbonyl (C=O) groups excluding carboxylic acids is 1. The van der Waals surface area contributed by atoms with E-state index in [2.05, 4.69) is 24.4 Å². The molecule has 0 aliphatic rings. The van der Waals surface area contributed by atoms with Crippen molar-refractivity contribution in [3.63, 3.8) is 0 Å². The minimum atomic E-state index is -0.479. The first-order chi connectivity index (χ1) is 9.59. The van der Waals surface area contributed by atoms with Crippen molar-refractivity contribution in [3.05, 3.63) is 59.7 Å². The van der Waals surface area contributed by atoms with Gasteiger partial charge in [0.2, 0.25) is 0 Å². The van der Waals surface area contributed by atoms with Crippen LogP contribution in [0.4, 0.5) is 11.4 Å². The van der Waals surface area contributed by atoms with Crippen molar-refractivity contribution >= 4 is 17.3 Å². The SMILES string of the molecule is CC(CNc1c(N)cccc1C(N)=O)c1ccccc1. The Morgan fingerprint density at radius 1 is 1.15 bits per heavy atom. The van der Waals surface area contributed by atoms with Crippen molar-refractivity contribution in [2.24, 2.45) is 5.73 Å². The van der Waals surface area contributed by atoms with Crippen LogP contribution in [0.15, 0.2) is 48.5 Å². The Labute approximate surface area is 118 Å². The van der Waals surface area contributed by atoms with Gasteiger partial charge in [0.15, 0.2) is 0 Å². The Bertz CT molecular complexity index is 596. The summed E-state index contributed by atoms with van der Waals surface area (Å²) in [4.78, 5) is 11.4. The molecule has 1 unspecified atom stereocenters. The van der Waals surface area contributed by atoms with E-state index < -0.39 is 5.91 Å². The maximum atomic E-state index is 11.4. The van der Waals surface area contributed by atoms with Crippen LogP contribution in [-0.4, -0.2) is 12.5 Å². The minimum Gasteiger partial charge on any atom is -0.397 e. The van der Waals surface area contributed by atoms with Gasteiger partial charge in [0, 0.05) is 6.54 Å². The van der Waals surface area contributed by atoms with Gasteiger partial charge >= 0.3 is 0 Å². The van der Waals surface area contributed by atoms with E-state index in [4.69, 9.17) is 11.5 Å². The van der Waals surface area contributed by atoms with Crippen molar-refractivity contribution in [2.75, 3.05) is 17.6 Å². The largest absolute Gasteiger partial charge is 0.397 e. The third-order valence-electron chi connectivity index (χ3n) is 3.32. The zero-order chi connectivity index (χ0) is 14.5. The van der Waals surface area contributed by atoms with Crippen molar-refractivity contribution in [1.82, 2.24) is 0 Å². The molecule has 0 radical (unpaired) electrons. The molecule has 2 aromatic rings. The van der Waals surface area contributed by atoms with Gasteiger partial charge in [-0.25, -0.2) is 0 Å². The number of benzene rings is 2. The summed E-state index contributed by atoms with van der Waals surface area (Å²) < 4.78 is 0. The minimum absolute atomic E-state index is 0.302. The molecule has 0 aliphatic heterocycles. The average molecular weight is 269 g/mol. The Morgan fingerprint density at radius 2 is 1.85 bits per heavy atom. The second-order valence-electron chi connectivity index (χ2n) is 4.83. The number of anilines is 2. The summed E-state index contributed by atoms with van der Waals surface area (Å²) in [5.74, 6) is -0.177. The van der Waals surface area contributed by atoms with Crippen molar-refractivity contribution < 1.29 is 4.79 Å². The molecular formula is C16H19N3O. The first-order valence-corrected chi connectivity index (χ1v) is 6.56. The smallest absolute Gasteiger partial charge is 0.250 e. The van der Waals surface area contributed by atoms with Crippen LogP contribution in [0.25, 0.3) is 0 Å². The highest BCUT2D eigenvalue weighted by Gasteiger charge is 2.12. The Balaban J connectivity index is 2.13. The highest BCUT2D eigenvalue weighted by Crippen LogP contribution is 2.24. The third kappa shape index (κ3) is 3.09. The van der Waals surface area contributed by atoms with Gasteiger partial charge in [-0.15, -0.1) is 0 Å². The number of rotatable bonds is 5. The molecule has 0 heterocycles.